The van der Waals surface area contributed by atoms with Gasteiger partial charge in [0, 0.05) is 13.1 Å². The third-order valence-corrected chi connectivity index (χ3v) is 4.89. The van der Waals surface area contributed by atoms with E-state index in [1.807, 2.05) is 48.5 Å². The molecular formula is C24H27Cl2NO3. The molecule has 0 heterocycles. The molecule has 0 spiro atoms. The molecule has 30 heavy (non-hydrogen) atoms. The van der Waals surface area contributed by atoms with Gasteiger partial charge in [0.15, 0.2) is 11.5 Å². The molecule has 3 rings (SSSR count). The molecule has 0 aliphatic heterocycles. The Morgan fingerprint density at radius 2 is 1.43 bits per heavy atom. The first kappa shape index (κ1) is 23.9. The van der Waals surface area contributed by atoms with Gasteiger partial charge in [0.05, 0.1) is 19.2 Å². The largest absolute Gasteiger partial charge is 0.497 e. The number of benzene rings is 3. The Bertz CT molecular complexity index is 928. The number of ether oxygens (including phenoxy) is 3. The lowest BCUT2D eigenvalue weighted by molar-refractivity contribution is 0.284. The summed E-state index contributed by atoms with van der Waals surface area (Å²) in [7, 11) is 3.29. The van der Waals surface area contributed by atoms with Crippen LogP contribution in [-0.2, 0) is 19.7 Å². The van der Waals surface area contributed by atoms with Crippen molar-refractivity contribution in [3.8, 4) is 17.2 Å². The molecule has 0 unspecified atom stereocenters. The molecular weight excluding hydrogens is 421 g/mol. The first-order chi connectivity index (χ1) is 14.1. The summed E-state index contributed by atoms with van der Waals surface area (Å²) in [5.41, 5.74) is 4.51. The van der Waals surface area contributed by atoms with Gasteiger partial charge in [-0.25, -0.2) is 0 Å². The molecule has 160 valence electrons. The minimum absolute atomic E-state index is 0. The van der Waals surface area contributed by atoms with E-state index in [0.717, 1.165) is 23.4 Å². The van der Waals surface area contributed by atoms with Gasteiger partial charge in [-0.05, 0) is 47.9 Å². The molecule has 0 aliphatic rings. The molecule has 0 saturated carbocycles. The summed E-state index contributed by atoms with van der Waals surface area (Å²) < 4.78 is 16.6. The van der Waals surface area contributed by atoms with Crippen LogP contribution < -0.4 is 19.5 Å². The van der Waals surface area contributed by atoms with Gasteiger partial charge in [-0.2, -0.15) is 0 Å². The number of methoxy groups -OCH3 is 2. The number of hydrogen-bond donors (Lipinski definition) is 1. The summed E-state index contributed by atoms with van der Waals surface area (Å²) >= 11 is 6.49. The van der Waals surface area contributed by atoms with Crippen molar-refractivity contribution in [3.05, 3.63) is 87.9 Å². The first-order valence-corrected chi connectivity index (χ1v) is 9.85. The van der Waals surface area contributed by atoms with Gasteiger partial charge in [-0.1, -0.05) is 53.6 Å². The van der Waals surface area contributed by atoms with E-state index in [9.17, 15) is 0 Å². The highest BCUT2D eigenvalue weighted by Gasteiger charge is 2.12. The molecule has 0 fully saturated rings. The summed E-state index contributed by atoms with van der Waals surface area (Å²) in [5.74, 6) is 2.05. The molecule has 3 aromatic rings. The summed E-state index contributed by atoms with van der Waals surface area (Å²) in [5, 5.41) is 3.96. The first-order valence-electron chi connectivity index (χ1n) is 9.47. The van der Waals surface area contributed by atoms with Gasteiger partial charge >= 0.3 is 0 Å². The second kappa shape index (κ2) is 11.7. The number of hydrogen-bond acceptors (Lipinski definition) is 4. The van der Waals surface area contributed by atoms with E-state index in [1.54, 1.807) is 14.2 Å². The maximum atomic E-state index is 6.49. The van der Waals surface area contributed by atoms with E-state index in [-0.39, 0.29) is 12.4 Å². The van der Waals surface area contributed by atoms with Crippen molar-refractivity contribution >= 4 is 24.0 Å². The molecule has 0 saturated heterocycles. The monoisotopic (exact) mass is 447 g/mol. The van der Waals surface area contributed by atoms with Crippen molar-refractivity contribution < 1.29 is 14.2 Å². The summed E-state index contributed by atoms with van der Waals surface area (Å²) in [4.78, 5) is 0. The predicted molar refractivity (Wildman–Crippen MR) is 124 cm³/mol. The van der Waals surface area contributed by atoms with E-state index in [2.05, 4.69) is 24.4 Å². The molecule has 4 nitrogen and oxygen atoms in total. The van der Waals surface area contributed by atoms with Crippen LogP contribution in [0.2, 0.25) is 5.02 Å². The Hall–Kier alpha value is -2.40. The Morgan fingerprint density at radius 3 is 2.07 bits per heavy atom. The van der Waals surface area contributed by atoms with E-state index < -0.39 is 0 Å². The number of halogens is 2. The van der Waals surface area contributed by atoms with Crippen molar-refractivity contribution in [1.82, 2.24) is 5.32 Å². The van der Waals surface area contributed by atoms with Gasteiger partial charge in [-0.15, -0.1) is 12.4 Å². The molecule has 0 bridgehead atoms. The molecule has 6 heteroatoms. The Labute approximate surface area is 189 Å². The molecule has 0 amide bonds. The standard InChI is InChI=1S/C24H26ClNO3.ClH/c1-17-4-6-19(7-5-17)16-29-24-22(25)12-20(13-23(24)28-3)15-26-14-18-8-10-21(27-2)11-9-18;/h4-13,26H,14-16H2,1-3H3;1H. The smallest absolute Gasteiger partial charge is 0.180 e. The highest BCUT2D eigenvalue weighted by atomic mass is 35.5. The number of rotatable bonds is 9. The molecule has 3 aromatic carbocycles. The van der Waals surface area contributed by atoms with Crippen LogP contribution in [0.25, 0.3) is 0 Å². The van der Waals surface area contributed by atoms with Crippen molar-refractivity contribution in [2.75, 3.05) is 14.2 Å². The minimum atomic E-state index is 0. The third kappa shape index (κ3) is 6.56. The van der Waals surface area contributed by atoms with Crippen LogP contribution in [0.15, 0.2) is 60.7 Å². The van der Waals surface area contributed by atoms with Crippen LogP contribution in [0.4, 0.5) is 0 Å². The Balaban J connectivity index is 0.00000320. The van der Waals surface area contributed by atoms with E-state index in [1.165, 1.54) is 11.1 Å². The van der Waals surface area contributed by atoms with Crippen LogP contribution in [0.3, 0.4) is 0 Å². The van der Waals surface area contributed by atoms with Gasteiger partial charge in [-0.3, -0.25) is 0 Å². The fraction of sp³-hybridized carbons (Fsp3) is 0.250. The zero-order valence-electron chi connectivity index (χ0n) is 17.4. The van der Waals surface area contributed by atoms with Gasteiger partial charge in [0.2, 0.25) is 0 Å². The van der Waals surface area contributed by atoms with Crippen LogP contribution in [0, 0.1) is 6.92 Å². The van der Waals surface area contributed by atoms with E-state index in [0.29, 0.717) is 29.7 Å². The van der Waals surface area contributed by atoms with Crippen LogP contribution in [0.5, 0.6) is 17.2 Å². The second-order valence-electron chi connectivity index (χ2n) is 6.83. The third-order valence-electron chi connectivity index (χ3n) is 4.61. The summed E-state index contributed by atoms with van der Waals surface area (Å²) in [6.07, 6.45) is 0. The maximum absolute atomic E-state index is 6.49. The Kier molecular flexibility index (Phi) is 9.31. The van der Waals surface area contributed by atoms with Crippen molar-refractivity contribution in [3.63, 3.8) is 0 Å². The zero-order chi connectivity index (χ0) is 20.6. The number of nitrogens with one attached hydrogen (secondary N) is 1. The molecule has 0 aliphatic carbocycles. The lowest BCUT2D eigenvalue weighted by Gasteiger charge is -2.15. The summed E-state index contributed by atoms with van der Waals surface area (Å²) in [6, 6.07) is 20.1. The van der Waals surface area contributed by atoms with E-state index >= 15 is 0 Å². The predicted octanol–water partition coefficient (Wildman–Crippen LogP) is 5.96. The molecule has 0 atom stereocenters. The van der Waals surface area contributed by atoms with Crippen molar-refractivity contribution in [1.29, 1.82) is 0 Å². The van der Waals surface area contributed by atoms with Crippen molar-refractivity contribution in [2.24, 2.45) is 0 Å². The Morgan fingerprint density at radius 1 is 0.800 bits per heavy atom. The van der Waals surface area contributed by atoms with Gasteiger partial charge in [0.1, 0.15) is 12.4 Å². The van der Waals surface area contributed by atoms with E-state index in [4.69, 9.17) is 25.8 Å². The highest BCUT2D eigenvalue weighted by molar-refractivity contribution is 6.32. The molecule has 1 N–H and O–H groups in total. The minimum Gasteiger partial charge on any atom is -0.497 e. The highest BCUT2D eigenvalue weighted by Crippen LogP contribution is 2.37. The second-order valence-corrected chi connectivity index (χ2v) is 7.24. The average molecular weight is 448 g/mol. The summed E-state index contributed by atoms with van der Waals surface area (Å²) in [6.45, 7) is 3.91. The topological polar surface area (TPSA) is 39.7 Å². The van der Waals surface area contributed by atoms with Crippen LogP contribution in [-0.4, -0.2) is 14.2 Å². The maximum Gasteiger partial charge on any atom is 0.180 e. The van der Waals surface area contributed by atoms with Crippen LogP contribution in [0.1, 0.15) is 22.3 Å². The fourth-order valence-corrected chi connectivity index (χ4v) is 3.24. The van der Waals surface area contributed by atoms with Crippen LogP contribution >= 0.6 is 24.0 Å². The zero-order valence-corrected chi connectivity index (χ0v) is 19.0. The normalized spacial score (nSPS) is 10.3. The molecule has 0 aromatic heterocycles. The average Bonchev–Trinajstić information content (AvgIpc) is 2.74. The quantitative estimate of drug-likeness (QED) is 0.439. The van der Waals surface area contributed by atoms with Gasteiger partial charge < -0.3 is 19.5 Å². The fourth-order valence-electron chi connectivity index (χ4n) is 2.95. The lowest BCUT2D eigenvalue weighted by Crippen LogP contribution is -2.13. The SMILES string of the molecule is COc1ccc(CNCc2cc(Cl)c(OCc3ccc(C)cc3)c(OC)c2)cc1.Cl. The number of aryl methyl sites for hydroxylation is 1. The van der Waals surface area contributed by atoms with Crippen molar-refractivity contribution in [2.45, 2.75) is 26.6 Å². The lowest BCUT2D eigenvalue weighted by atomic mass is 10.1. The van der Waals surface area contributed by atoms with Gasteiger partial charge in [0.25, 0.3) is 0 Å². The molecule has 0 radical (unpaired) electrons.